The Labute approximate surface area is 116 Å². The van der Waals surface area contributed by atoms with Crippen molar-refractivity contribution in [3.63, 3.8) is 0 Å². The molecular weight excluding hydrogens is 263 g/mol. The Bertz CT molecular complexity index is 611. The molecule has 0 saturated heterocycles. The van der Waals surface area contributed by atoms with Crippen molar-refractivity contribution in [1.29, 1.82) is 0 Å². The van der Waals surface area contributed by atoms with E-state index in [0.717, 1.165) is 6.42 Å². The molecule has 3 heteroatoms. The van der Waals surface area contributed by atoms with E-state index < -0.39 is 11.9 Å². The molecule has 0 bridgehead atoms. The van der Waals surface area contributed by atoms with Crippen LogP contribution in [0.2, 0.25) is 5.02 Å². The van der Waals surface area contributed by atoms with Gasteiger partial charge < -0.3 is 5.11 Å². The van der Waals surface area contributed by atoms with E-state index in [1.807, 2.05) is 18.2 Å². The Kier molecular flexibility index (Phi) is 3.29. The first-order chi connectivity index (χ1) is 9.16. The normalized spacial score (nSPS) is 18.6. The summed E-state index contributed by atoms with van der Waals surface area (Å²) in [6.07, 6.45) is 0.744. The molecule has 0 aromatic heterocycles. The second kappa shape index (κ2) is 4.95. The van der Waals surface area contributed by atoms with Gasteiger partial charge >= 0.3 is 0 Å². The summed E-state index contributed by atoms with van der Waals surface area (Å²) in [4.78, 5) is 0. The third kappa shape index (κ3) is 2.26. The molecule has 0 aliphatic heterocycles. The van der Waals surface area contributed by atoms with E-state index in [1.54, 1.807) is 12.1 Å². The van der Waals surface area contributed by atoms with Crippen LogP contribution in [-0.2, 0) is 12.8 Å². The van der Waals surface area contributed by atoms with Crippen LogP contribution in [0.25, 0.3) is 0 Å². The van der Waals surface area contributed by atoms with Gasteiger partial charge in [-0.1, -0.05) is 48.0 Å². The molecule has 0 radical (unpaired) electrons. The lowest BCUT2D eigenvalue weighted by Crippen LogP contribution is -2.30. The fourth-order valence-electron chi connectivity index (χ4n) is 2.71. The molecular formula is C16H14ClFO. The second-order valence-electron chi connectivity index (χ2n) is 4.99. The van der Waals surface area contributed by atoms with Crippen LogP contribution in [0.4, 0.5) is 4.39 Å². The van der Waals surface area contributed by atoms with E-state index >= 15 is 0 Å². The second-order valence-corrected chi connectivity index (χ2v) is 5.37. The fourth-order valence-corrected chi connectivity index (χ4v) is 2.92. The zero-order valence-electron chi connectivity index (χ0n) is 10.3. The van der Waals surface area contributed by atoms with E-state index in [2.05, 4.69) is 6.07 Å². The smallest absolute Gasteiger partial charge is 0.142 e. The van der Waals surface area contributed by atoms with Crippen LogP contribution in [0.1, 0.15) is 22.6 Å². The van der Waals surface area contributed by atoms with Crippen LogP contribution in [0.3, 0.4) is 0 Å². The first-order valence-corrected chi connectivity index (χ1v) is 6.73. The van der Waals surface area contributed by atoms with Gasteiger partial charge in [0, 0.05) is 12.3 Å². The molecule has 2 aromatic carbocycles. The number of hydrogen-bond donors (Lipinski definition) is 1. The summed E-state index contributed by atoms with van der Waals surface area (Å²) >= 11 is 5.92. The van der Waals surface area contributed by atoms with Crippen molar-refractivity contribution in [3.05, 3.63) is 70.0 Å². The molecule has 1 N–H and O–H groups in total. The summed E-state index contributed by atoms with van der Waals surface area (Å²) in [6.45, 7) is 0. The Hall–Kier alpha value is -1.38. The molecule has 0 amide bonds. The van der Waals surface area contributed by atoms with Crippen LogP contribution in [-0.4, -0.2) is 11.2 Å². The van der Waals surface area contributed by atoms with E-state index in [-0.39, 0.29) is 10.9 Å². The van der Waals surface area contributed by atoms with E-state index in [1.165, 1.54) is 17.2 Å². The largest absolute Gasteiger partial charge is 0.392 e. The SMILES string of the molecule is OC(Cc1cccc(F)c1Cl)C1Cc2ccccc21. The van der Waals surface area contributed by atoms with Crippen molar-refractivity contribution < 1.29 is 9.50 Å². The highest BCUT2D eigenvalue weighted by Crippen LogP contribution is 2.38. The zero-order chi connectivity index (χ0) is 13.4. The third-order valence-electron chi connectivity index (χ3n) is 3.82. The van der Waals surface area contributed by atoms with Crippen LogP contribution in [0.5, 0.6) is 0 Å². The van der Waals surface area contributed by atoms with Crippen molar-refractivity contribution in [3.8, 4) is 0 Å². The fraction of sp³-hybridized carbons (Fsp3) is 0.250. The highest BCUT2D eigenvalue weighted by atomic mass is 35.5. The van der Waals surface area contributed by atoms with E-state index in [4.69, 9.17) is 11.6 Å². The maximum atomic E-state index is 13.4. The quantitative estimate of drug-likeness (QED) is 0.906. The molecule has 2 unspecified atom stereocenters. The minimum absolute atomic E-state index is 0.120. The van der Waals surface area contributed by atoms with Crippen LogP contribution >= 0.6 is 11.6 Å². The van der Waals surface area contributed by atoms with Crippen molar-refractivity contribution >= 4 is 11.6 Å². The molecule has 98 valence electrons. The van der Waals surface area contributed by atoms with Gasteiger partial charge in [-0.3, -0.25) is 0 Å². The van der Waals surface area contributed by atoms with Crippen molar-refractivity contribution in [2.45, 2.75) is 24.9 Å². The molecule has 0 heterocycles. The number of aliphatic hydroxyl groups is 1. The maximum Gasteiger partial charge on any atom is 0.142 e. The third-order valence-corrected chi connectivity index (χ3v) is 4.24. The molecule has 0 fully saturated rings. The van der Waals surface area contributed by atoms with Gasteiger partial charge in [0.05, 0.1) is 11.1 Å². The topological polar surface area (TPSA) is 20.2 Å². The van der Waals surface area contributed by atoms with Crippen LogP contribution < -0.4 is 0 Å². The lowest BCUT2D eigenvalue weighted by molar-refractivity contribution is 0.133. The summed E-state index contributed by atoms with van der Waals surface area (Å²) in [5.41, 5.74) is 3.15. The summed E-state index contributed by atoms with van der Waals surface area (Å²) in [7, 11) is 0. The monoisotopic (exact) mass is 276 g/mol. The maximum absolute atomic E-state index is 13.4. The average molecular weight is 277 g/mol. The van der Waals surface area contributed by atoms with Crippen LogP contribution in [0, 0.1) is 5.82 Å². The van der Waals surface area contributed by atoms with Crippen molar-refractivity contribution in [1.82, 2.24) is 0 Å². The molecule has 1 aliphatic rings. The van der Waals surface area contributed by atoms with Crippen molar-refractivity contribution in [2.24, 2.45) is 0 Å². The number of aliphatic hydroxyl groups excluding tert-OH is 1. The molecule has 2 aromatic rings. The Morgan fingerprint density at radius 2 is 2.00 bits per heavy atom. The molecule has 1 aliphatic carbocycles. The summed E-state index contributed by atoms with van der Waals surface area (Å²) in [6, 6.07) is 12.8. The Morgan fingerprint density at radius 3 is 2.79 bits per heavy atom. The van der Waals surface area contributed by atoms with Gasteiger partial charge in [0.15, 0.2) is 0 Å². The minimum Gasteiger partial charge on any atom is -0.392 e. The summed E-state index contributed by atoms with van der Waals surface area (Å²) in [5, 5.41) is 10.4. The predicted molar refractivity (Wildman–Crippen MR) is 74.0 cm³/mol. The standard InChI is InChI=1S/C16H14ClFO/c17-16-11(5-3-7-14(16)18)9-15(19)13-8-10-4-1-2-6-12(10)13/h1-7,13,15,19H,8-9H2. The molecule has 19 heavy (non-hydrogen) atoms. The number of fused-ring (bicyclic) bond motifs is 1. The molecule has 2 atom stereocenters. The van der Waals surface area contributed by atoms with Gasteiger partial charge in [-0.2, -0.15) is 0 Å². The van der Waals surface area contributed by atoms with E-state index in [0.29, 0.717) is 12.0 Å². The number of hydrogen-bond acceptors (Lipinski definition) is 1. The van der Waals surface area contributed by atoms with Crippen LogP contribution in [0.15, 0.2) is 42.5 Å². The first kappa shape index (κ1) is 12.6. The number of halogens is 2. The molecule has 0 spiro atoms. The van der Waals surface area contributed by atoms with Crippen molar-refractivity contribution in [2.75, 3.05) is 0 Å². The first-order valence-electron chi connectivity index (χ1n) is 6.35. The lowest BCUT2D eigenvalue weighted by Gasteiger charge is -2.34. The Balaban J connectivity index is 1.77. The molecule has 0 saturated carbocycles. The van der Waals surface area contributed by atoms with Gasteiger partial charge in [0.2, 0.25) is 0 Å². The molecule has 3 rings (SSSR count). The van der Waals surface area contributed by atoms with Gasteiger partial charge in [0.1, 0.15) is 5.82 Å². The predicted octanol–water partition coefficient (Wildman–Crippen LogP) is 3.72. The Morgan fingerprint density at radius 1 is 1.21 bits per heavy atom. The number of rotatable bonds is 3. The van der Waals surface area contributed by atoms with E-state index in [9.17, 15) is 9.50 Å². The van der Waals surface area contributed by atoms with Gasteiger partial charge in [-0.25, -0.2) is 4.39 Å². The highest BCUT2D eigenvalue weighted by Gasteiger charge is 2.31. The molecule has 1 nitrogen and oxygen atoms in total. The van der Waals surface area contributed by atoms with Gasteiger partial charge in [-0.05, 0) is 29.2 Å². The summed E-state index contributed by atoms with van der Waals surface area (Å²) in [5.74, 6) is -0.295. The minimum atomic E-state index is -0.519. The number of benzene rings is 2. The zero-order valence-corrected chi connectivity index (χ0v) is 11.1. The average Bonchev–Trinajstić information content (AvgIpc) is 2.36. The lowest BCUT2D eigenvalue weighted by atomic mass is 9.73. The van der Waals surface area contributed by atoms with Gasteiger partial charge in [-0.15, -0.1) is 0 Å². The van der Waals surface area contributed by atoms with Gasteiger partial charge in [0.25, 0.3) is 0 Å². The summed E-state index contributed by atoms with van der Waals surface area (Å²) < 4.78 is 13.4. The highest BCUT2D eigenvalue weighted by molar-refractivity contribution is 6.31.